The maximum atomic E-state index is 11.6. The first-order valence-electron chi connectivity index (χ1n) is 26.0. The van der Waals surface area contributed by atoms with Crippen molar-refractivity contribution in [3.63, 3.8) is 0 Å². The van der Waals surface area contributed by atoms with Crippen molar-refractivity contribution in [3.8, 4) is 35.3 Å². The number of carbonyl (C=O) groups excluding carboxylic acids is 2. The molecule has 11 rings (SSSR count). The van der Waals surface area contributed by atoms with Crippen LogP contribution in [-0.2, 0) is 71.8 Å². The van der Waals surface area contributed by atoms with E-state index in [0.717, 1.165) is 94.5 Å². The van der Waals surface area contributed by atoms with Crippen molar-refractivity contribution in [1.82, 2.24) is 45.0 Å². The zero-order valence-corrected chi connectivity index (χ0v) is 47.5. The Kier molecular flexibility index (Phi) is 21.2. The number of pyridine rings is 2. The van der Waals surface area contributed by atoms with Gasteiger partial charge in [0.25, 0.3) is 11.8 Å². The van der Waals surface area contributed by atoms with E-state index in [1.807, 2.05) is 141 Å². The van der Waals surface area contributed by atoms with Gasteiger partial charge in [0.05, 0.1) is 15.9 Å². The monoisotopic (exact) mass is 1180 g/mol. The van der Waals surface area contributed by atoms with E-state index in [1.165, 1.54) is 6.07 Å². The number of amides is 2. The molecule has 4 aromatic heterocycles. The number of hydrogen-bond donors (Lipinski definition) is 2. The van der Waals surface area contributed by atoms with Gasteiger partial charge in [-0.3, -0.25) is 14.9 Å². The smallest absolute Gasteiger partial charge is 0.317 e. The van der Waals surface area contributed by atoms with Crippen LogP contribution in [0.2, 0.25) is 0 Å². The summed E-state index contributed by atoms with van der Waals surface area (Å²) in [7, 11) is 0.788. The summed E-state index contributed by atoms with van der Waals surface area (Å²) in [4.78, 5) is 52.2. The van der Waals surface area contributed by atoms with Crippen LogP contribution < -0.4 is 29.0 Å². The molecule has 2 amide bonds. The number of benzene rings is 4. The topological polar surface area (TPSA) is 231 Å². The number of nitrogens with one attached hydrogen (secondary N) is 1. The van der Waals surface area contributed by atoms with Gasteiger partial charge in [0, 0.05) is 93.8 Å². The zero-order valence-electron chi connectivity index (χ0n) is 45.1. The Labute approximate surface area is 479 Å². The van der Waals surface area contributed by atoms with Crippen molar-refractivity contribution < 1.29 is 46.8 Å². The number of carbonyl (C=O) groups is 2. The summed E-state index contributed by atoms with van der Waals surface area (Å²) in [6, 6.07) is 46.6. The number of aromatic hydroxyl groups is 1. The molecule has 1 atom stereocenters. The molecule has 0 aliphatic carbocycles. The van der Waals surface area contributed by atoms with Gasteiger partial charge >= 0.3 is 6.01 Å². The first-order chi connectivity index (χ1) is 39.2. The molecule has 420 valence electrons. The molecule has 7 heterocycles. The molecular formula is C60H62BrN9O10S. The molecule has 3 aliphatic rings. The van der Waals surface area contributed by atoms with Crippen molar-refractivity contribution in [2.75, 3.05) is 33.4 Å². The summed E-state index contributed by atoms with van der Waals surface area (Å²) in [5.41, 5.74) is 8.20. The Morgan fingerprint density at radius 3 is 1.54 bits per heavy atom. The number of ether oxygens (including phenoxy) is 5. The van der Waals surface area contributed by atoms with E-state index in [1.54, 1.807) is 18.5 Å². The molecule has 21 heteroatoms. The Balaban J connectivity index is 0.000000143. The van der Waals surface area contributed by atoms with Gasteiger partial charge in [-0.25, -0.2) is 23.4 Å². The fourth-order valence-corrected chi connectivity index (χ4v) is 8.99. The van der Waals surface area contributed by atoms with Gasteiger partial charge in [-0.1, -0.05) is 121 Å². The Morgan fingerprint density at radius 1 is 0.580 bits per heavy atom. The first-order valence-corrected chi connectivity index (χ1v) is 28.7. The number of fused-ring (bicyclic) bond motifs is 2. The lowest BCUT2D eigenvalue weighted by atomic mass is 10.1. The van der Waals surface area contributed by atoms with E-state index in [-0.39, 0.29) is 35.1 Å². The standard InChI is InChI=1S/C19H16BrNO2.C19H17NO3.C13H16N4O3.C9H13N3O2S/c20-17-11-12-18(22-13-15-7-3-1-4-8-15)21-19(17)23-14-16-9-5-2-6-10-16;21-17-11-12-18(22-13-15-7-3-1-4-8-15)20-19(17)23-14-16-9-5-2-6-10-16;1-17-5-4-9-8(7-17)6-14-13(15-9)20-10-2-3-11(18)16-12(10)19;1-12-4-3-8-7(6-12)5-10-9(11-8)15(2,13)14/h1-12H,13-14H2;1-12,21H,13-14H2;6,10H,2-5,7H2,1H3,(H,16,18,19);5H,3-4,6H2,1-2H3. The molecule has 19 nitrogen and oxygen atoms in total. The number of halogens is 1. The van der Waals surface area contributed by atoms with Gasteiger partial charge < -0.3 is 38.6 Å². The molecule has 3 aliphatic heterocycles. The van der Waals surface area contributed by atoms with Crippen molar-refractivity contribution in [3.05, 3.63) is 207 Å². The number of nitrogens with zero attached hydrogens (tertiary/aromatic N) is 8. The van der Waals surface area contributed by atoms with Gasteiger partial charge in [-0.2, -0.15) is 15.0 Å². The summed E-state index contributed by atoms with van der Waals surface area (Å²) < 4.78 is 51.5. The SMILES string of the molecule is Brc1ccc(OCc2ccccc2)nc1OCc1ccccc1.CN1CCc2nc(OC3CCC(=O)NC3=O)ncc2C1.CN1CCc2nc(S(C)(=O)=O)ncc2C1.Oc1ccc(OCc2ccccc2)nc1OCc1ccccc1. The molecule has 4 aromatic carbocycles. The lowest BCUT2D eigenvalue weighted by Crippen LogP contribution is -2.46. The second-order valence-electron chi connectivity index (χ2n) is 19.1. The fourth-order valence-electron chi connectivity index (χ4n) is 8.13. The highest BCUT2D eigenvalue weighted by atomic mass is 79.9. The zero-order chi connectivity index (χ0) is 57.0. The Hall–Kier alpha value is -8.37. The predicted octanol–water partition coefficient (Wildman–Crippen LogP) is 8.46. The first kappa shape index (κ1) is 58.8. The van der Waals surface area contributed by atoms with Crippen LogP contribution in [0.1, 0.15) is 57.6 Å². The molecule has 1 saturated heterocycles. The van der Waals surface area contributed by atoms with E-state index in [9.17, 15) is 23.1 Å². The summed E-state index contributed by atoms with van der Waals surface area (Å²) in [5, 5.41) is 12.0. The molecule has 81 heavy (non-hydrogen) atoms. The van der Waals surface area contributed by atoms with Crippen LogP contribution in [0.3, 0.4) is 0 Å². The van der Waals surface area contributed by atoms with Crippen molar-refractivity contribution >= 4 is 37.6 Å². The second-order valence-corrected chi connectivity index (χ2v) is 21.8. The molecule has 1 unspecified atom stereocenters. The van der Waals surface area contributed by atoms with Gasteiger partial charge in [-0.05, 0) is 64.4 Å². The highest BCUT2D eigenvalue weighted by Crippen LogP contribution is 2.29. The van der Waals surface area contributed by atoms with E-state index in [4.69, 9.17) is 23.7 Å². The van der Waals surface area contributed by atoms with Crippen molar-refractivity contribution in [2.24, 2.45) is 0 Å². The summed E-state index contributed by atoms with van der Waals surface area (Å²) in [6.45, 7) is 5.17. The molecule has 0 spiro atoms. The molecule has 1 fully saturated rings. The van der Waals surface area contributed by atoms with Crippen molar-refractivity contribution in [1.29, 1.82) is 0 Å². The highest BCUT2D eigenvalue weighted by Gasteiger charge is 2.29. The minimum absolute atomic E-state index is 0.00649. The van der Waals surface area contributed by atoms with E-state index >= 15 is 0 Å². The number of imide groups is 1. The highest BCUT2D eigenvalue weighted by molar-refractivity contribution is 9.10. The average Bonchev–Trinajstić information content (AvgIpc) is 3.57. The molecule has 0 saturated carbocycles. The number of likely N-dealkylation sites (N-methyl/N-ethyl adjacent to an activating group) is 2. The van der Waals surface area contributed by atoms with Crippen molar-refractivity contribution in [2.45, 2.75) is 76.5 Å². The maximum absolute atomic E-state index is 11.6. The predicted molar refractivity (Wildman–Crippen MR) is 305 cm³/mol. The molecule has 0 bridgehead atoms. The normalized spacial score (nSPS) is 14.8. The lowest BCUT2D eigenvalue weighted by Gasteiger charge is -2.25. The molecular weight excluding hydrogens is 1120 g/mol. The van der Waals surface area contributed by atoms with Crippen LogP contribution in [0, 0.1) is 0 Å². The minimum atomic E-state index is -3.29. The van der Waals surface area contributed by atoms with Crippen LogP contribution in [0.4, 0.5) is 0 Å². The van der Waals surface area contributed by atoms with Gasteiger partial charge in [0.2, 0.25) is 38.5 Å². The minimum Gasteiger partial charge on any atom is -0.503 e. The molecule has 2 N–H and O–H groups in total. The number of hydrogen-bond acceptors (Lipinski definition) is 18. The fraction of sp³-hybridized carbons (Fsp3) is 0.267. The van der Waals surface area contributed by atoms with Gasteiger partial charge in [0.15, 0.2) is 11.9 Å². The van der Waals surface area contributed by atoms with E-state index in [0.29, 0.717) is 50.5 Å². The van der Waals surface area contributed by atoms with E-state index < -0.39 is 21.8 Å². The Morgan fingerprint density at radius 2 is 1.04 bits per heavy atom. The van der Waals surface area contributed by atoms with Crippen LogP contribution in [0.25, 0.3) is 0 Å². The number of aromatic nitrogens is 6. The van der Waals surface area contributed by atoms with Crippen LogP contribution >= 0.6 is 15.9 Å². The lowest BCUT2D eigenvalue weighted by molar-refractivity contribution is -0.139. The van der Waals surface area contributed by atoms with Crippen LogP contribution in [0.15, 0.2) is 168 Å². The summed E-state index contributed by atoms with van der Waals surface area (Å²) in [5.74, 6) is 0.966. The Bertz CT molecular complexity index is 3320. The summed E-state index contributed by atoms with van der Waals surface area (Å²) in [6.07, 6.45) is 6.10. The van der Waals surface area contributed by atoms with Crippen LogP contribution in [-0.4, -0.2) is 105 Å². The summed E-state index contributed by atoms with van der Waals surface area (Å²) >= 11 is 3.46. The largest absolute Gasteiger partial charge is 0.503 e. The van der Waals surface area contributed by atoms with Gasteiger partial charge in [-0.15, -0.1) is 0 Å². The third kappa shape index (κ3) is 18.6. The van der Waals surface area contributed by atoms with E-state index in [2.05, 4.69) is 68.0 Å². The van der Waals surface area contributed by atoms with Crippen LogP contribution in [0.5, 0.6) is 35.3 Å². The number of sulfone groups is 1. The number of piperidine rings is 1. The maximum Gasteiger partial charge on any atom is 0.317 e. The average molecular weight is 1180 g/mol. The molecule has 0 radical (unpaired) electrons. The quantitative estimate of drug-likeness (QED) is 0.0724. The second kappa shape index (κ2) is 29.2. The molecule has 8 aromatic rings. The number of rotatable bonds is 15. The van der Waals surface area contributed by atoms with Gasteiger partial charge in [0.1, 0.15) is 26.4 Å². The third-order valence-electron chi connectivity index (χ3n) is 12.5. The third-order valence-corrected chi connectivity index (χ3v) is 13.9.